The fourth-order valence-corrected chi connectivity index (χ4v) is 4.90. The molecule has 0 N–H and O–H groups in total. The second-order valence-electron chi connectivity index (χ2n) is 7.15. The van der Waals surface area contributed by atoms with E-state index in [1.54, 1.807) is 18.4 Å². The first-order valence-corrected chi connectivity index (χ1v) is 10.1. The first-order chi connectivity index (χ1) is 13.2. The van der Waals surface area contributed by atoms with E-state index in [2.05, 4.69) is 23.1 Å². The number of nitrogens with zero attached hydrogens (tertiary/aromatic N) is 3. The first kappa shape index (κ1) is 16.6. The van der Waals surface area contributed by atoms with Crippen LogP contribution in [-0.2, 0) is 11.2 Å². The fraction of sp³-hybridized carbons (Fsp3) is 0.333. The number of benzene rings is 2. The molecule has 0 atom stereocenters. The van der Waals surface area contributed by atoms with E-state index in [0.717, 1.165) is 59.3 Å². The topological polar surface area (TPSA) is 45.7 Å². The number of para-hydroxylation sites is 1. The van der Waals surface area contributed by atoms with Gasteiger partial charge < -0.3 is 14.5 Å². The summed E-state index contributed by atoms with van der Waals surface area (Å²) in [5.74, 6) is 1.12. The number of carbonyl (C=O) groups is 1. The van der Waals surface area contributed by atoms with Gasteiger partial charge in [0.1, 0.15) is 5.75 Å². The van der Waals surface area contributed by atoms with E-state index in [4.69, 9.17) is 9.72 Å². The second-order valence-corrected chi connectivity index (χ2v) is 8.16. The molecular weight excluding hydrogens is 358 g/mol. The summed E-state index contributed by atoms with van der Waals surface area (Å²) in [5.41, 5.74) is 3.33. The van der Waals surface area contributed by atoms with Gasteiger partial charge >= 0.3 is 0 Å². The molecule has 5 nitrogen and oxygen atoms in total. The molecule has 0 saturated carbocycles. The van der Waals surface area contributed by atoms with Crippen LogP contribution in [0, 0.1) is 5.92 Å². The summed E-state index contributed by atoms with van der Waals surface area (Å²) in [6, 6.07) is 14.2. The summed E-state index contributed by atoms with van der Waals surface area (Å²) in [6.45, 7) is 2.32. The number of anilines is 2. The minimum absolute atomic E-state index is 0.0534. The lowest BCUT2D eigenvalue weighted by Crippen LogP contribution is -2.55. The fourth-order valence-electron chi connectivity index (χ4n) is 3.93. The maximum atomic E-state index is 13.0. The lowest BCUT2D eigenvalue weighted by Gasteiger charge is -2.41. The van der Waals surface area contributed by atoms with Crippen molar-refractivity contribution in [3.05, 3.63) is 48.0 Å². The average Bonchev–Trinajstić information content (AvgIpc) is 3.08. The second kappa shape index (κ2) is 6.53. The number of aryl methyl sites for hydroxylation is 1. The zero-order valence-corrected chi connectivity index (χ0v) is 16.0. The molecule has 2 aliphatic heterocycles. The van der Waals surface area contributed by atoms with Crippen LogP contribution in [-0.4, -0.2) is 37.6 Å². The molecule has 0 spiro atoms. The molecule has 1 saturated heterocycles. The molecule has 6 heteroatoms. The molecule has 0 radical (unpaired) electrons. The third kappa shape index (κ3) is 2.84. The van der Waals surface area contributed by atoms with Gasteiger partial charge in [-0.15, -0.1) is 0 Å². The Morgan fingerprint density at radius 1 is 1.22 bits per heavy atom. The van der Waals surface area contributed by atoms with Gasteiger partial charge in [-0.05, 0) is 36.6 Å². The van der Waals surface area contributed by atoms with Crippen LogP contribution < -0.4 is 14.5 Å². The minimum atomic E-state index is 0.0534. The quantitative estimate of drug-likeness (QED) is 0.696. The zero-order chi connectivity index (χ0) is 18.4. The number of hydrogen-bond acceptors (Lipinski definition) is 5. The molecule has 138 valence electrons. The Bertz CT molecular complexity index is 1010. The predicted molar refractivity (Wildman–Crippen MR) is 109 cm³/mol. The number of rotatable bonds is 3. The third-order valence-corrected chi connectivity index (χ3v) is 6.56. The summed E-state index contributed by atoms with van der Waals surface area (Å²) in [5, 5.41) is 0.987. The summed E-state index contributed by atoms with van der Waals surface area (Å²) in [4.78, 5) is 22.0. The van der Waals surface area contributed by atoms with Crippen molar-refractivity contribution >= 4 is 38.3 Å². The van der Waals surface area contributed by atoms with Gasteiger partial charge in [-0.1, -0.05) is 29.5 Å². The molecule has 0 unspecified atom stereocenters. The Labute approximate surface area is 162 Å². The molecule has 1 amide bonds. The Balaban J connectivity index is 1.30. The number of hydrogen-bond donors (Lipinski definition) is 0. The van der Waals surface area contributed by atoms with Crippen LogP contribution in [0.15, 0.2) is 42.5 Å². The number of fused-ring (bicyclic) bond motifs is 2. The Hall–Kier alpha value is -2.60. The number of ether oxygens (including phenoxy) is 1. The maximum Gasteiger partial charge on any atom is 0.233 e. The van der Waals surface area contributed by atoms with Gasteiger partial charge in [0.25, 0.3) is 0 Å². The van der Waals surface area contributed by atoms with Crippen molar-refractivity contribution in [3.63, 3.8) is 0 Å². The van der Waals surface area contributed by atoms with Crippen molar-refractivity contribution in [1.29, 1.82) is 0 Å². The van der Waals surface area contributed by atoms with E-state index < -0.39 is 0 Å². The van der Waals surface area contributed by atoms with Crippen LogP contribution in [0.5, 0.6) is 5.75 Å². The van der Waals surface area contributed by atoms with Crippen molar-refractivity contribution in [1.82, 2.24) is 4.98 Å². The molecule has 0 bridgehead atoms. The van der Waals surface area contributed by atoms with Crippen LogP contribution in [0.25, 0.3) is 10.2 Å². The van der Waals surface area contributed by atoms with E-state index in [9.17, 15) is 4.79 Å². The lowest BCUT2D eigenvalue weighted by atomic mass is 9.95. The summed E-state index contributed by atoms with van der Waals surface area (Å²) >= 11 is 1.67. The molecule has 5 rings (SSSR count). The van der Waals surface area contributed by atoms with Gasteiger partial charge in [-0.25, -0.2) is 4.98 Å². The van der Waals surface area contributed by atoms with Crippen molar-refractivity contribution in [2.45, 2.75) is 12.8 Å². The zero-order valence-electron chi connectivity index (χ0n) is 15.2. The average molecular weight is 379 g/mol. The van der Waals surface area contributed by atoms with Gasteiger partial charge in [0.05, 0.1) is 23.2 Å². The monoisotopic (exact) mass is 379 g/mol. The largest absolute Gasteiger partial charge is 0.497 e. The van der Waals surface area contributed by atoms with Crippen molar-refractivity contribution in [2.75, 3.05) is 36.5 Å². The van der Waals surface area contributed by atoms with Crippen LogP contribution in [0.1, 0.15) is 12.0 Å². The predicted octanol–water partition coefficient (Wildman–Crippen LogP) is 3.72. The first-order valence-electron chi connectivity index (χ1n) is 9.32. The third-order valence-electron chi connectivity index (χ3n) is 5.46. The van der Waals surface area contributed by atoms with E-state index in [1.165, 1.54) is 5.56 Å². The van der Waals surface area contributed by atoms with Gasteiger partial charge in [0.15, 0.2) is 5.13 Å². The van der Waals surface area contributed by atoms with E-state index in [1.807, 2.05) is 29.2 Å². The van der Waals surface area contributed by atoms with Crippen LogP contribution in [0.2, 0.25) is 0 Å². The number of thiazole rings is 1. The highest BCUT2D eigenvalue weighted by molar-refractivity contribution is 7.22. The van der Waals surface area contributed by atoms with Crippen LogP contribution in [0.4, 0.5) is 10.8 Å². The van der Waals surface area contributed by atoms with Crippen LogP contribution >= 0.6 is 11.3 Å². The molecular formula is C21H21N3O2S. The molecule has 3 heterocycles. The highest BCUT2D eigenvalue weighted by Gasteiger charge is 2.38. The number of methoxy groups -OCH3 is 1. The number of carbonyl (C=O) groups excluding carboxylic acids is 1. The smallest absolute Gasteiger partial charge is 0.233 e. The van der Waals surface area contributed by atoms with Crippen molar-refractivity contribution < 1.29 is 9.53 Å². The summed E-state index contributed by atoms with van der Waals surface area (Å²) < 4.78 is 6.42. The molecule has 1 fully saturated rings. The van der Waals surface area contributed by atoms with E-state index in [-0.39, 0.29) is 11.8 Å². The normalized spacial score (nSPS) is 16.9. The van der Waals surface area contributed by atoms with Crippen molar-refractivity contribution in [3.8, 4) is 5.75 Å². The Morgan fingerprint density at radius 3 is 2.93 bits per heavy atom. The SMILES string of the molecule is COc1ccc2sc(N3CC(C(=O)N4CCCc5ccccc54)C3)nc2c1. The molecule has 27 heavy (non-hydrogen) atoms. The van der Waals surface area contributed by atoms with Gasteiger partial charge in [-0.2, -0.15) is 0 Å². The van der Waals surface area contributed by atoms with Gasteiger partial charge in [-0.3, -0.25) is 4.79 Å². The standard InChI is InChI=1S/C21H21N3O2S/c1-26-16-8-9-19-17(11-16)22-21(27-19)23-12-15(13-23)20(25)24-10-4-6-14-5-2-3-7-18(14)24/h2-3,5,7-9,11,15H,4,6,10,12-13H2,1H3. The molecule has 0 aliphatic carbocycles. The van der Waals surface area contributed by atoms with Crippen LogP contribution in [0.3, 0.4) is 0 Å². The molecule has 1 aromatic heterocycles. The lowest BCUT2D eigenvalue weighted by molar-refractivity contribution is -0.123. The van der Waals surface area contributed by atoms with Gasteiger partial charge in [0.2, 0.25) is 5.91 Å². The van der Waals surface area contributed by atoms with Gasteiger partial charge in [0, 0.05) is 31.4 Å². The Kier molecular flexibility index (Phi) is 4.01. The van der Waals surface area contributed by atoms with E-state index in [0.29, 0.717) is 0 Å². The summed E-state index contributed by atoms with van der Waals surface area (Å²) in [7, 11) is 1.67. The highest BCUT2D eigenvalue weighted by Crippen LogP contribution is 2.36. The molecule has 2 aromatic carbocycles. The highest BCUT2D eigenvalue weighted by atomic mass is 32.1. The minimum Gasteiger partial charge on any atom is -0.497 e. The summed E-state index contributed by atoms with van der Waals surface area (Å²) in [6.07, 6.45) is 2.10. The number of aromatic nitrogens is 1. The molecule has 3 aromatic rings. The van der Waals surface area contributed by atoms with Crippen molar-refractivity contribution in [2.24, 2.45) is 5.92 Å². The maximum absolute atomic E-state index is 13.0. The van der Waals surface area contributed by atoms with E-state index >= 15 is 0 Å². The molecule has 2 aliphatic rings. The Morgan fingerprint density at radius 2 is 2.07 bits per heavy atom. The number of amides is 1.